The number of ether oxygens (including phenoxy) is 1. The number of anilines is 2. The zero-order valence-electron chi connectivity index (χ0n) is 19.0. The van der Waals surface area contributed by atoms with E-state index in [0.717, 1.165) is 80.6 Å². The number of aryl methyl sites for hydroxylation is 1. The van der Waals surface area contributed by atoms with Gasteiger partial charge in [0, 0.05) is 50.5 Å². The zero-order chi connectivity index (χ0) is 22.1. The summed E-state index contributed by atoms with van der Waals surface area (Å²) in [7, 11) is 1.84. The number of morpholine rings is 1. The number of piperidine rings is 1. The predicted molar refractivity (Wildman–Crippen MR) is 124 cm³/mol. The summed E-state index contributed by atoms with van der Waals surface area (Å²) >= 11 is 0. The Morgan fingerprint density at radius 2 is 1.81 bits per heavy atom. The van der Waals surface area contributed by atoms with E-state index >= 15 is 0 Å². The smallest absolute Gasteiger partial charge is 0.324 e. The number of nitrogens with zero attached hydrogens (tertiary/aromatic N) is 6. The van der Waals surface area contributed by atoms with Gasteiger partial charge in [0.25, 0.3) is 0 Å². The minimum Gasteiger partial charge on any atom is -0.379 e. The van der Waals surface area contributed by atoms with Crippen LogP contribution in [0.5, 0.6) is 0 Å². The Balaban J connectivity index is 1.40. The van der Waals surface area contributed by atoms with E-state index in [9.17, 15) is 4.79 Å². The highest BCUT2D eigenvalue weighted by atomic mass is 16.5. The van der Waals surface area contributed by atoms with Gasteiger partial charge in [0.1, 0.15) is 12.1 Å². The van der Waals surface area contributed by atoms with Gasteiger partial charge in [-0.3, -0.25) is 9.80 Å². The van der Waals surface area contributed by atoms with E-state index in [1.165, 1.54) is 0 Å². The van der Waals surface area contributed by atoms with E-state index in [-0.39, 0.29) is 6.03 Å². The molecule has 8 nitrogen and oxygen atoms in total. The number of carbonyl (C=O) groups excluding carboxylic acids is 1. The number of hydrogen-bond acceptors (Lipinski definition) is 6. The van der Waals surface area contributed by atoms with Crippen molar-refractivity contribution in [2.75, 3.05) is 56.2 Å². The van der Waals surface area contributed by atoms with Crippen LogP contribution in [-0.4, -0.2) is 78.3 Å². The second kappa shape index (κ2) is 9.03. The number of amides is 2. The lowest BCUT2D eigenvalue weighted by Gasteiger charge is -2.41. The van der Waals surface area contributed by atoms with Crippen molar-refractivity contribution in [3.05, 3.63) is 47.4 Å². The molecule has 0 unspecified atom stereocenters. The number of hydrogen-bond donors (Lipinski definition) is 0. The number of fused-ring (bicyclic) bond motifs is 1. The molecule has 1 aromatic carbocycles. The van der Waals surface area contributed by atoms with Gasteiger partial charge < -0.3 is 14.5 Å². The molecular formula is C24H32N6O2. The first-order chi connectivity index (χ1) is 15.6. The van der Waals surface area contributed by atoms with Crippen molar-refractivity contribution >= 4 is 17.5 Å². The first-order valence-electron chi connectivity index (χ1n) is 11.6. The first kappa shape index (κ1) is 21.2. The summed E-state index contributed by atoms with van der Waals surface area (Å²) in [4.78, 5) is 31.1. The molecule has 0 radical (unpaired) electrons. The minimum absolute atomic E-state index is 0.00873. The third kappa shape index (κ3) is 4.17. The van der Waals surface area contributed by atoms with Gasteiger partial charge >= 0.3 is 6.03 Å². The standard InChI is InChI=1S/C24H32N6O2/c1-18-4-3-5-20(14-18)30-15-21-22(16-27(2)24(30)31)25-17-26-23(21)29-8-6-19(7-9-29)28-10-12-32-13-11-28/h3-5,14,17,19H,6-13,15-16H2,1-2H3. The monoisotopic (exact) mass is 436 g/mol. The number of benzene rings is 1. The molecule has 0 bridgehead atoms. The van der Waals surface area contributed by atoms with E-state index in [1.54, 1.807) is 11.2 Å². The number of aromatic nitrogens is 2. The highest BCUT2D eigenvalue weighted by molar-refractivity contribution is 5.92. The van der Waals surface area contributed by atoms with E-state index in [4.69, 9.17) is 9.72 Å². The molecule has 0 N–H and O–H groups in total. The lowest BCUT2D eigenvalue weighted by molar-refractivity contribution is 0.0114. The molecule has 0 spiro atoms. The highest BCUT2D eigenvalue weighted by Gasteiger charge is 2.32. The van der Waals surface area contributed by atoms with Crippen molar-refractivity contribution in [3.8, 4) is 0 Å². The van der Waals surface area contributed by atoms with Crippen molar-refractivity contribution < 1.29 is 9.53 Å². The van der Waals surface area contributed by atoms with Gasteiger partial charge in [0.2, 0.25) is 0 Å². The number of urea groups is 1. The van der Waals surface area contributed by atoms with Crippen LogP contribution < -0.4 is 9.80 Å². The molecular weight excluding hydrogens is 404 g/mol. The summed E-state index contributed by atoms with van der Waals surface area (Å²) in [6.45, 7) is 8.74. The molecule has 8 heteroatoms. The van der Waals surface area contributed by atoms with E-state index in [0.29, 0.717) is 19.1 Å². The van der Waals surface area contributed by atoms with E-state index in [2.05, 4.69) is 33.8 Å². The lowest BCUT2D eigenvalue weighted by Crippen LogP contribution is -2.49. The molecule has 4 heterocycles. The van der Waals surface area contributed by atoms with Gasteiger partial charge in [-0.25, -0.2) is 14.8 Å². The molecule has 3 aliphatic rings. The second-order valence-corrected chi connectivity index (χ2v) is 9.05. The SMILES string of the molecule is Cc1cccc(N2Cc3c(ncnc3N3CCC(N4CCOCC4)CC3)CN(C)C2=O)c1. The largest absolute Gasteiger partial charge is 0.379 e. The zero-order valence-corrected chi connectivity index (χ0v) is 19.0. The van der Waals surface area contributed by atoms with Crippen LogP contribution >= 0.6 is 0 Å². The maximum Gasteiger partial charge on any atom is 0.324 e. The van der Waals surface area contributed by atoms with Gasteiger partial charge in [-0.15, -0.1) is 0 Å². The Hall–Kier alpha value is -2.71. The van der Waals surface area contributed by atoms with Crippen molar-refractivity contribution in [2.45, 2.75) is 38.9 Å². The van der Waals surface area contributed by atoms with Crippen molar-refractivity contribution in [1.82, 2.24) is 19.8 Å². The minimum atomic E-state index is -0.00873. The molecule has 2 aromatic rings. The molecule has 2 saturated heterocycles. The Morgan fingerprint density at radius 1 is 1.03 bits per heavy atom. The van der Waals surface area contributed by atoms with Crippen LogP contribution in [0.15, 0.2) is 30.6 Å². The van der Waals surface area contributed by atoms with Crippen LogP contribution in [0, 0.1) is 6.92 Å². The fourth-order valence-corrected chi connectivity index (χ4v) is 5.12. The average molecular weight is 437 g/mol. The summed E-state index contributed by atoms with van der Waals surface area (Å²) in [6.07, 6.45) is 3.90. The average Bonchev–Trinajstić information content (AvgIpc) is 2.95. The molecule has 0 atom stereocenters. The van der Waals surface area contributed by atoms with Crippen molar-refractivity contribution in [3.63, 3.8) is 0 Å². The highest BCUT2D eigenvalue weighted by Crippen LogP contribution is 2.31. The van der Waals surface area contributed by atoms with Crippen LogP contribution in [0.2, 0.25) is 0 Å². The number of carbonyl (C=O) groups is 1. The normalized spacial score (nSPS) is 20.9. The maximum atomic E-state index is 13.2. The van der Waals surface area contributed by atoms with Crippen LogP contribution in [-0.2, 0) is 17.8 Å². The maximum absolute atomic E-state index is 13.2. The van der Waals surface area contributed by atoms with Gasteiger partial charge in [-0.05, 0) is 37.5 Å². The van der Waals surface area contributed by atoms with E-state index < -0.39 is 0 Å². The fourth-order valence-electron chi connectivity index (χ4n) is 5.12. The molecule has 2 fully saturated rings. The number of rotatable bonds is 3. The van der Waals surface area contributed by atoms with Crippen LogP contribution in [0.25, 0.3) is 0 Å². The van der Waals surface area contributed by atoms with Gasteiger partial charge in [0.15, 0.2) is 0 Å². The summed E-state index contributed by atoms with van der Waals surface area (Å²) < 4.78 is 5.52. The molecule has 1 aromatic heterocycles. The topological polar surface area (TPSA) is 65.0 Å². The van der Waals surface area contributed by atoms with Crippen LogP contribution in [0.4, 0.5) is 16.3 Å². The van der Waals surface area contributed by atoms with Crippen molar-refractivity contribution in [2.24, 2.45) is 0 Å². The molecule has 0 saturated carbocycles. The first-order valence-corrected chi connectivity index (χ1v) is 11.6. The predicted octanol–water partition coefficient (Wildman–Crippen LogP) is 2.66. The lowest BCUT2D eigenvalue weighted by atomic mass is 10.0. The van der Waals surface area contributed by atoms with Gasteiger partial charge in [-0.2, -0.15) is 0 Å². The molecule has 32 heavy (non-hydrogen) atoms. The van der Waals surface area contributed by atoms with Crippen LogP contribution in [0.3, 0.4) is 0 Å². The molecule has 3 aliphatic heterocycles. The van der Waals surface area contributed by atoms with Gasteiger partial charge in [-0.1, -0.05) is 12.1 Å². The summed E-state index contributed by atoms with van der Waals surface area (Å²) in [5.74, 6) is 0.983. The summed E-state index contributed by atoms with van der Waals surface area (Å²) in [5, 5.41) is 0. The van der Waals surface area contributed by atoms with E-state index in [1.807, 2.05) is 24.1 Å². The molecule has 5 rings (SSSR count). The third-order valence-corrected chi connectivity index (χ3v) is 6.91. The Bertz CT molecular complexity index is 969. The molecule has 2 amide bonds. The Kier molecular flexibility index (Phi) is 5.97. The van der Waals surface area contributed by atoms with Gasteiger partial charge in [0.05, 0.1) is 32.0 Å². The molecule has 0 aliphatic carbocycles. The molecule has 170 valence electrons. The third-order valence-electron chi connectivity index (χ3n) is 6.91. The Labute approximate surface area is 189 Å². The van der Waals surface area contributed by atoms with Crippen LogP contribution in [0.1, 0.15) is 29.7 Å². The quantitative estimate of drug-likeness (QED) is 0.737. The van der Waals surface area contributed by atoms with Crippen molar-refractivity contribution in [1.29, 1.82) is 0 Å². The summed E-state index contributed by atoms with van der Waals surface area (Å²) in [6, 6.07) is 8.73. The Morgan fingerprint density at radius 3 is 2.56 bits per heavy atom. The second-order valence-electron chi connectivity index (χ2n) is 9.05. The fraction of sp³-hybridized carbons (Fsp3) is 0.542. The summed E-state index contributed by atoms with van der Waals surface area (Å²) in [5.41, 5.74) is 4.06.